The van der Waals surface area contributed by atoms with E-state index in [1.165, 1.54) is 25.0 Å². The molecule has 38 heavy (non-hydrogen) atoms. The average molecular weight is 532 g/mol. The number of benzene rings is 3. The van der Waals surface area contributed by atoms with Crippen molar-refractivity contribution >= 4 is 52.5 Å². The zero-order valence-electron chi connectivity index (χ0n) is 20.9. The summed E-state index contributed by atoms with van der Waals surface area (Å²) in [6.07, 6.45) is 1.50. The Balaban J connectivity index is 1.58. The number of hydrogen-bond donors (Lipinski definition) is 2. The molecule has 0 bridgehead atoms. The van der Waals surface area contributed by atoms with Crippen LogP contribution in [0, 0.1) is 0 Å². The van der Waals surface area contributed by atoms with Gasteiger partial charge in [-0.15, -0.1) is 0 Å². The van der Waals surface area contributed by atoms with Gasteiger partial charge >= 0.3 is 0 Å². The second-order valence-corrected chi connectivity index (χ2v) is 8.61. The summed E-state index contributed by atoms with van der Waals surface area (Å²) < 4.78 is 16.6. The van der Waals surface area contributed by atoms with E-state index in [0.29, 0.717) is 39.8 Å². The van der Waals surface area contributed by atoms with Crippen molar-refractivity contribution in [2.45, 2.75) is 13.5 Å². The number of ether oxygens (including phenoxy) is 3. The summed E-state index contributed by atoms with van der Waals surface area (Å²) in [5.41, 5.74) is 2.36. The fourth-order valence-electron chi connectivity index (χ4n) is 3.81. The first-order chi connectivity index (χ1) is 18.3. The van der Waals surface area contributed by atoms with E-state index in [0.717, 1.165) is 0 Å². The minimum Gasteiger partial charge on any atom is -0.497 e. The molecular weight excluding hydrogens is 506 g/mol. The molecule has 0 spiro atoms. The van der Waals surface area contributed by atoms with Crippen LogP contribution in [0.2, 0.25) is 0 Å². The highest BCUT2D eigenvalue weighted by Crippen LogP contribution is 2.27. The maximum absolute atomic E-state index is 13.4. The largest absolute Gasteiger partial charge is 0.497 e. The first-order valence-electron chi connectivity index (χ1n) is 11.5. The molecule has 0 aromatic heterocycles. The maximum atomic E-state index is 13.4. The van der Waals surface area contributed by atoms with Gasteiger partial charge in [-0.3, -0.25) is 24.6 Å². The summed E-state index contributed by atoms with van der Waals surface area (Å²) >= 11 is 5.27. The summed E-state index contributed by atoms with van der Waals surface area (Å²) in [5.74, 6) is 0.416. The molecule has 1 heterocycles. The van der Waals surface area contributed by atoms with Crippen LogP contribution in [0.15, 0.2) is 72.3 Å². The number of carbonyl (C=O) groups excluding carboxylic acids is 3. The number of carbonyl (C=O) groups is 3. The van der Waals surface area contributed by atoms with Crippen LogP contribution in [0.4, 0.5) is 11.4 Å². The Labute approximate surface area is 225 Å². The van der Waals surface area contributed by atoms with E-state index >= 15 is 0 Å². The number of nitrogens with one attached hydrogen (secondary N) is 2. The summed E-state index contributed by atoms with van der Waals surface area (Å²) in [6.45, 7) is 1.61. The summed E-state index contributed by atoms with van der Waals surface area (Å²) in [7, 11) is 3.07. The molecule has 0 atom stereocenters. The zero-order chi connectivity index (χ0) is 27.2. The molecule has 2 N–H and O–H groups in total. The lowest BCUT2D eigenvalue weighted by Gasteiger charge is -2.29. The average Bonchev–Trinajstić information content (AvgIpc) is 2.90. The molecule has 194 valence electrons. The predicted molar refractivity (Wildman–Crippen MR) is 147 cm³/mol. The fraction of sp³-hybridized carbons (Fsp3) is 0.143. The Kier molecular flexibility index (Phi) is 8.03. The number of nitrogens with zero attached hydrogens (tertiary/aromatic N) is 1. The van der Waals surface area contributed by atoms with Gasteiger partial charge in [0.15, 0.2) is 5.11 Å². The highest BCUT2D eigenvalue weighted by Gasteiger charge is 2.34. The van der Waals surface area contributed by atoms with Crippen molar-refractivity contribution in [2.75, 3.05) is 24.4 Å². The van der Waals surface area contributed by atoms with Crippen molar-refractivity contribution < 1.29 is 28.6 Å². The Morgan fingerprint density at radius 2 is 1.76 bits per heavy atom. The number of methoxy groups -OCH3 is 2. The lowest BCUT2D eigenvalue weighted by Crippen LogP contribution is -2.54. The van der Waals surface area contributed by atoms with Crippen molar-refractivity contribution in [2.24, 2.45) is 0 Å². The summed E-state index contributed by atoms with van der Waals surface area (Å²) in [5, 5.41) is 5.26. The van der Waals surface area contributed by atoms with Crippen LogP contribution in [0.1, 0.15) is 18.1 Å². The smallest absolute Gasteiger partial charge is 0.270 e. The lowest BCUT2D eigenvalue weighted by molar-refractivity contribution is -0.122. The van der Waals surface area contributed by atoms with Gasteiger partial charge in [0.2, 0.25) is 5.91 Å². The number of hydrogen-bond acceptors (Lipinski definition) is 7. The third-order valence-corrected chi connectivity index (χ3v) is 5.88. The van der Waals surface area contributed by atoms with Crippen LogP contribution in [0.3, 0.4) is 0 Å². The molecule has 4 rings (SSSR count). The van der Waals surface area contributed by atoms with Crippen molar-refractivity contribution in [3.8, 4) is 17.2 Å². The van der Waals surface area contributed by atoms with Crippen molar-refractivity contribution in [3.63, 3.8) is 0 Å². The van der Waals surface area contributed by atoms with Gasteiger partial charge in [-0.25, -0.2) is 0 Å². The first kappa shape index (κ1) is 26.4. The standard InChI is InChI=1S/C28H25N3O6S/c1-17(32)29-20-8-10-22(11-9-20)37-16-19-13-18(7-12-25(19)36-3)14-24-26(33)30-28(38)31(27(24)34)21-5-4-6-23(15-21)35-2/h4-15H,16H2,1-3H3,(H,29,32)(H,30,33,38)/b24-14+. The Bertz CT molecular complexity index is 1430. The van der Waals surface area contributed by atoms with Crippen LogP contribution in [0.5, 0.6) is 17.2 Å². The van der Waals surface area contributed by atoms with Crippen LogP contribution in [-0.2, 0) is 21.0 Å². The maximum Gasteiger partial charge on any atom is 0.270 e. The van der Waals surface area contributed by atoms with E-state index in [-0.39, 0.29) is 23.2 Å². The predicted octanol–water partition coefficient (Wildman–Crippen LogP) is 4.07. The second kappa shape index (κ2) is 11.6. The van der Waals surface area contributed by atoms with Crippen LogP contribution < -0.4 is 29.7 Å². The zero-order valence-corrected chi connectivity index (χ0v) is 21.8. The van der Waals surface area contributed by atoms with Gasteiger partial charge in [-0.1, -0.05) is 12.1 Å². The van der Waals surface area contributed by atoms with E-state index in [2.05, 4.69) is 10.6 Å². The number of rotatable bonds is 8. The molecule has 1 aliphatic heterocycles. The minimum atomic E-state index is -0.591. The molecule has 3 amide bonds. The van der Waals surface area contributed by atoms with E-state index in [9.17, 15) is 14.4 Å². The summed E-state index contributed by atoms with van der Waals surface area (Å²) in [4.78, 5) is 38.5. The van der Waals surface area contributed by atoms with Crippen molar-refractivity contribution in [1.29, 1.82) is 0 Å². The van der Waals surface area contributed by atoms with E-state index in [1.807, 2.05) is 0 Å². The molecule has 0 saturated carbocycles. The van der Waals surface area contributed by atoms with Crippen molar-refractivity contribution in [3.05, 3.63) is 83.4 Å². The van der Waals surface area contributed by atoms with Gasteiger partial charge in [0.1, 0.15) is 29.4 Å². The van der Waals surface area contributed by atoms with Gasteiger partial charge in [0.05, 0.1) is 19.9 Å². The number of thiocarbonyl (C=S) groups is 1. The van der Waals surface area contributed by atoms with E-state index in [4.69, 9.17) is 26.4 Å². The molecule has 0 radical (unpaired) electrons. The molecule has 3 aromatic carbocycles. The van der Waals surface area contributed by atoms with Crippen LogP contribution in [-0.4, -0.2) is 37.1 Å². The Morgan fingerprint density at radius 1 is 1.00 bits per heavy atom. The summed E-state index contributed by atoms with van der Waals surface area (Å²) in [6, 6.07) is 19.0. The third kappa shape index (κ3) is 5.98. The molecule has 1 fully saturated rings. The highest BCUT2D eigenvalue weighted by atomic mass is 32.1. The molecule has 9 nitrogen and oxygen atoms in total. The molecule has 0 aliphatic carbocycles. The topological polar surface area (TPSA) is 106 Å². The molecule has 0 unspecified atom stereocenters. The van der Waals surface area contributed by atoms with Gasteiger partial charge in [0.25, 0.3) is 11.8 Å². The normalized spacial score (nSPS) is 14.2. The molecule has 3 aromatic rings. The molecule has 10 heteroatoms. The third-order valence-electron chi connectivity index (χ3n) is 5.60. The highest BCUT2D eigenvalue weighted by molar-refractivity contribution is 7.80. The molecule has 1 aliphatic rings. The van der Waals surface area contributed by atoms with E-state index < -0.39 is 11.8 Å². The lowest BCUT2D eigenvalue weighted by atomic mass is 10.0. The van der Waals surface area contributed by atoms with Gasteiger partial charge in [-0.05, 0) is 72.4 Å². The Morgan fingerprint density at radius 3 is 2.45 bits per heavy atom. The van der Waals surface area contributed by atoms with Gasteiger partial charge in [-0.2, -0.15) is 0 Å². The van der Waals surface area contributed by atoms with Gasteiger partial charge in [0, 0.05) is 24.2 Å². The minimum absolute atomic E-state index is 0.0151. The number of anilines is 2. The fourth-order valence-corrected chi connectivity index (χ4v) is 4.09. The van der Waals surface area contributed by atoms with E-state index in [1.54, 1.807) is 73.8 Å². The SMILES string of the molecule is COc1cccc(N2C(=O)/C(=C/c3ccc(OC)c(COc4ccc(NC(C)=O)cc4)c3)C(=O)NC2=S)c1. The second-order valence-electron chi connectivity index (χ2n) is 8.22. The quantitative estimate of drug-likeness (QED) is 0.256. The van der Waals surface area contributed by atoms with Crippen LogP contribution >= 0.6 is 12.2 Å². The monoisotopic (exact) mass is 531 g/mol. The number of amides is 3. The molecular formula is C28H25N3O6S. The van der Waals surface area contributed by atoms with Gasteiger partial charge < -0.3 is 19.5 Å². The van der Waals surface area contributed by atoms with Crippen molar-refractivity contribution in [1.82, 2.24) is 5.32 Å². The first-order valence-corrected chi connectivity index (χ1v) is 11.9. The molecule has 1 saturated heterocycles. The Hall–Kier alpha value is -4.70. The van der Waals surface area contributed by atoms with Crippen LogP contribution in [0.25, 0.3) is 6.08 Å².